The van der Waals surface area contributed by atoms with Gasteiger partial charge < -0.3 is 9.47 Å². The van der Waals surface area contributed by atoms with Gasteiger partial charge >= 0.3 is 0 Å². The van der Waals surface area contributed by atoms with Crippen LogP contribution in [0.5, 0.6) is 11.5 Å². The van der Waals surface area contributed by atoms with E-state index in [0.717, 1.165) is 17.9 Å². The zero-order valence-electron chi connectivity index (χ0n) is 16.6. The van der Waals surface area contributed by atoms with Gasteiger partial charge in [-0.25, -0.2) is 0 Å². The van der Waals surface area contributed by atoms with Gasteiger partial charge in [-0.1, -0.05) is 48.5 Å². The molecule has 1 aliphatic heterocycles. The predicted molar refractivity (Wildman–Crippen MR) is 121 cm³/mol. The van der Waals surface area contributed by atoms with Crippen molar-refractivity contribution < 1.29 is 9.47 Å². The molecular formula is C27H22O2. The van der Waals surface area contributed by atoms with E-state index in [1.54, 1.807) is 0 Å². The van der Waals surface area contributed by atoms with E-state index in [2.05, 4.69) is 86.6 Å². The van der Waals surface area contributed by atoms with E-state index in [1.165, 1.54) is 43.1 Å². The Morgan fingerprint density at radius 2 is 0.931 bits per heavy atom. The summed E-state index contributed by atoms with van der Waals surface area (Å²) in [5.41, 5.74) is 0. The Balaban J connectivity index is 1.85. The maximum Gasteiger partial charge on any atom is 0.120 e. The summed E-state index contributed by atoms with van der Waals surface area (Å²) in [7, 11) is 0. The van der Waals surface area contributed by atoms with Crippen molar-refractivity contribution in [1.82, 2.24) is 0 Å². The van der Waals surface area contributed by atoms with Crippen LogP contribution in [0.3, 0.4) is 0 Å². The van der Waals surface area contributed by atoms with Gasteiger partial charge in [0.25, 0.3) is 0 Å². The van der Waals surface area contributed by atoms with Crippen molar-refractivity contribution >= 4 is 43.1 Å². The Morgan fingerprint density at radius 1 is 0.552 bits per heavy atom. The van der Waals surface area contributed by atoms with Crippen LogP contribution in [0.2, 0.25) is 0 Å². The molecule has 0 unspecified atom stereocenters. The van der Waals surface area contributed by atoms with Gasteiger partial charge in [0, 0.05) is 6.42 Å². The molecule has 0 saturated heterocycles. The van der Waals surface area contributed by atoms with Crippen LogP contribution in [-0.2, 0) is 0 Å². The van der Waals surface area contributed by atoms with Gasteiger partial charge in [0.2, 0.25) is 0 Å². The van der Waals surface area contributed by atoms with Crippen LogP contribution < -0.4 is 9.47 Å². The third kappa shape index (κ3) is 2.63. The van der Waals surface area contributed by atoms with Gasteiger partial charge in [0.05, 0.1) is 12.2 Å². The molecule has 0 aliphatic carbocycles. The van der Waals surface area contributed by atoms with Crippen LogP contribution in [0.25, 0.3) is 43.1 Å². The summed E-state index contributed by atoms with van der Waals surface area (Å²) in [6.07, 6.45) is 0.978. The summed E-state index contributed by atoms with van der Waals surface area (Å²) in [6.45, 7) is 4.23. The van der Waals surface area contributed by atoms with Crippen molar-refractivity contribution in [3.8, 4) is 11.5 Å². The monoisotopic (exact) mass is 378 g/mol. The maximum atomic E-state index is 6.28. The molecule has 0 aromatic heterocycles. The minimum atomic E-state index is 0.0734. The largest absolute Gasteiger partial charge is 0.491 e. The summed E-state index contributed by atoms with van der Waals surface area (Å²) in [6, 6.07) is 26.2. The van der Waals surface area contributed by atoms with Crippen LogP contribution in [0.1, 0.15) is 20.3 Å². The number of ether oxygens (including phenoxy) is 2. The molecular weight excluding hydrogens is 356 g/mol. The van der Waals surface area contributed by atoms with E-state index in [4.69, 9.17) is 9.47 Å². The second-order valence-corrected chi connectivity index (χ2v) is 8.25. The normalized spacial score (nSPS) is 19.1. The molecule has 2 atom stereocenters. The highest BCUT2D eigenvalue weighted by Crippen LogP contribution is 2.39. The fourth-order valence-corrected chi connectivity index (χ4v) is 4.82. The standard InChI is InChI=1S/C27H22O2/c1-16-13-17(2)29-23-12-10-19-4-6-21-8-7-20-5-3-18-9-11-22(28-16)14-24(18)26(20)27(21)25(19)15-23/h3-12,14-17H,13H2,1-2H3/t16-,17-/m0/s1. The second-order valence-electron chi connectivity index (χ2n) is 8.25. The molecule has 2 heteroatoms. The Bertz CT molecular complexity index is 1300. The first-order valence-corrected chi connectivity index (χ1v) is 10.3. The van der Waals surface area contributed by atoms with E-state index in [9.17, 15) is 0 Å². The molecule has 4 bridgehead atoms. The van der Waals surface area contributed by atoms with Crippen LogP contribution in [0.4, 0.5) is 0 Å². The first kappa shape index (κ1) is 16.7. The Morgan fingerprint density at radius 3 is 1.38 bits per heavy atom. The molecule has 5 aromatic carbocycles. The molecule has 0 radical (unpaired) electrons. The zero-order chi connectivity index (χ0) is 19.5. The first-order chi connectivity index (χ1) is 14.2. The van der Waals surface area contributed by atoms with E-state index in [-0.39, 0.29) is 12.2 Å². The lowest BCUT2D eigenvalue weighted by Crippen LogP contribution is -2.22. The van der Waals surface area contributed by atoms with Gasteiger partial charge in [-0.3, -0.25) is 0 Å². The van der Waals surface area contributed by atoms with Crippen LogP contribution >= 0.6 is 0 Å². The summed E-state index contributed by atoms with van der Waals surface area (Å²) in [5.74, 6) is 1.83. The molecule has 142 valence electrons. The molecule has 0 N–H and O–H groups in total. The summed E-state index contributed by atoms with van der Waals surface area (Å²) >= 11 is 0. The number of fused-ring (bicyclic) bond motifs is 2. The van der Waals surface area contributed by atoms with Crippen molar-refractivity contribution in [2.75, 3.05) is 0 Å². The predicted octanol–water partition coefficient (Wildman–Crippen LogP) is 7.24. The summed E-state index contributed by atoms with van der Waals surface area (Å²) in [5, 5.41) is 10.0. The van der Waals surface area contributed by atoms with Gasteiger partial charge in [-0.2, -0.15) is 0 Å². The highest BCUT2D eigenvalue weighted by molar-refractivity contribution is 6.27. The molecule has 0 saturated carbocycles. The second kappa shape index (κ2) is 6.12. The summed E-state index contributed by atoms with van der Waals surface area (Å²) < 4.78 is 12.6. The van der Waals surface area contributed by atoms with Gasteiger partial charge in [0.1, 0.15) is 11.5 Å². The topological polar surface area (TPSA) is 18.5 Å². The van der Waals surface area contributed by atoms with Crippen molar-refractivity contribution in [3.63, 3.8) is 0 Å². The van der Waals surface area contributed by atoms with Crippen LogP contribution in [-0.4, -0.2) is 12.2 Å². The molecule has 0 fully saturated rings. The number of rotatable bonds is 0. The third-order valence-corrected chi connectivity index (χ3v) is 6.08. The first-order valence-electron chi connectivity index (χ1n) is 10.3. The SMILES string of the molecule is C[C@H]1C[C@H](C)Oc2ccc3ccc4ccc5ccc6ccc(cc6c5c4c3c2)O1. The fraction of sp³-hybridized carbons (Fsp3) is 0.185. The van der Waals surface area contributed by atoms with Crippen molar-refractivity contribution in [1.29, 1.82) is 0 Å². The number of benzene rings is 5. The fourth-order valence-electron chi connectivity index (χ4n) is 4.82. The maximum absolute atomic E-state index is 6.28. The molecule has 1 aliphatic rings. The smallest absolute Gasteiger partial charge is 0.120 e. The Kier molecular flexibility index (Phi) is 3.52. The highest BCUT2D eigenvalue weighted by atomic mass is 16.5. The average molecular weight is 378 g/mol. The zero-order valence-corrected chi connectivity index (χ0v) is 16.6. The molecule has 6 rings (SSSR count). The van der Waals surface area contributed by atoms with Crippen LogP contribution in [0, 0.1) is 0 Å². The summed E-state index contributed by atoms with van der Waals surface area (Å²) in [4.78, 5) is 0. The van der Waals surface area contributed by atoms with Crippen molar-refractivity contribution in [2.24, 2.45) is 0 Å². The number of hydrogen-bond donors (Lipinski definition) is 0. The van der Waals surface area contributed by atoms with Gasteiger partial charge in [0.15, 0.2) is 0 Å². The van der Waals surface area contributed by atoms with Crippen molar-refractivity contribution in [3.05, 3.63) is 72.8 Å². The number of hydrogen-bond acceptors (Lipinski definition) is 2. The molecule has 1 heterocycles. The average Bonchev–Trinajstić information content (AvgIpc) is 2.72. The molecule has 29 heavy (non-hydrogen) atoms. The van der Waals surface area contributed by atoms with Crippen molar-refractivity contribution in [2.45, 2.75) is 32.5 Å². The lowest BCUT2D eigenvalue weighted by Gasteiger charge is -2.20. The van der Waals surface area contributed by atoms with E-state index in [1.807, 2.05) is 0 Å². The Labute approximate surface area is 169 Å². The molecule has 5 aromatic rings. The quantitative estimate of drug-likeness (QED) is 0.264. The van der Waals surface area contributed by atoms with E-state index < -0.39 is 0 Å². The van der Waals surface area contributed by atoms with Gasteiger partial charge in [-0.15, -0.1) is 0 Å². The van der Waals surface area contributed by atoms with Crippen LogP contribution in [0.15, 0.2) is 72.8 Å². The third-order valence-electron chi connectivity index (χ3n) is 6.08. The van der Waals surface area contributed by atoms with Gasteiger partial charge in [-0.05, 0) is 81.2 Å². The lowest BCUT2D eigenvalue weighted by atomic mass is 9.93. The van der Waals surface area contributed by atoms with E-state index in [0.29, 0.717) is 0 Å². The molecule has 0 amide bonds. The Hall–Kier alpha value is -3.26. The molecule has 0 spiro atoms. The molecule has 2 nitrogen and oxygen atoms in total. The minimum Gasteiger partial charge on any atom is -0.491 e. The van der Waals surface area contributed by atoms with E-state index >= 15 is 0 Å². The highest BCUT2D eigenvalue weighted by Gasteiger charge is 2.16. The lowest BCUT2D eigenvalue weighted by molar-refractivity contribution is 0.131. The minimum absolute atomic E-state index is 0.0734.